The fourth-order valence-corrected chi connectivity index (χ4v) is 2.12. The quantitative estimate of drug-likeness (QED) is 0.867. The number of rotatable bonds is 2. The minimum atomic E-state index is -0.889. The number of hydrogen-bond donors (Lipinski definition) is 1. The number of benzene rings is 1. The van der Waals surface area contributed by atoms with Crippen LogP contribution in [0.3, 0.4) is 0 Å². The van der Waals surface area contributed by atoms with Crippen LogP contribution in [-0.4, -0.2) is 23.4 Å². The highest BCUT2D eigenvalue weighted by molar-refractivity contribution is 6.30. The fourth-order valence-electron chi connectivity index (χ4n) is 2.01. The first kappa shape index (κ1) is 11.8. The molecule has 16 heavy (non-hydrogen) atoms. The van der Waals surface area contributed by atoms with Crippen LogP contribution >= 0.6 is 11.6 Å². The summed E-state index contributed by atoms with van der Waals surface area (Å²) >= 11 is 5.60. The van der Waals surface area contributed by atoms with E-state index >= 15 is 0 Å². The van der Waals surface area contributed by atoms with Crippen molar-refractivity contribution in [2.24, 2.45) is 0 Å². The highest BCUT2D eigenvalue weighted by Crippen LogP contribution is 2.30. The molecule has 2 rings (SSSR count). The molecule has 0 saturated carbocycles. The van der Waals surface area contributed by atoms with Crippen molar-refractivity contribution in [3.63, 3.8) is 0 Å². The molecule has 1 aromatic carbocycles. The maximum Gasteiger partial charge on any atom is 0.142 e. The molecule has 0 aliphatic carbocycles. The van der Waals surface area contributed by atoms with Crippen LogP contribution < -0.4 is 0 Å². The van der Waals surface area contributed by atoms with Crippen LogP contribution in [0.5, 0.6) is 0 Å². The van der Waals surface area contributed by atoms with E-state index in [4.69, 9.17) is 16.3 Å². The molecule has 0 spiro atoms. The second-order valence-corrected chi connectivity index (χ2v) is 4.70. The van der Waals surface area contributed by atoms with Crippen molar-refractivity contribution in [2.45, 2.75) is 31.5 Å². The van der Waals surface area contributed by atoms with Crippen molar-refractivity contribution in [1.82, 2.24) is 0 Å². The molecule has 0 radical (unpaired) electrons. The molecule has 4 heteroatoms. The minimum Gasteiger partial charge on any atom is -0.387 e. The Kier molecular flexibility index (Phi) is 3.19. The van der Waals surface area contributed by atoms with Crippen LogP contribution in [0.15, 0.2) is 18.2 Å². The lowest BCUT2D eigenvalue weighted by Gasteiger charge is -2.26. The standard InChI is InChI=1S/C12H14ClFO2/c1-8-12(15,4-5-16-8)7-9-2-3-10(13)11(14)6-9/h2-3,6,8,15H,4-5,7H2,1H3. The van der Waals surface area contributed by atoms with Crippen LogP contribution in [-0.2, 0) is 11.2 Å². The largest absolute Gasteiger partial charge is 0.387 e. The topological polar surface area (TPSA) is 29.5 Å². The number of ether oxygens (including phenoxy) is 1. The Morgan fingerprint density at radius 3 is 2.94 bits per heavy atom. The van der Waals surface area contributed by atoms with Gasteiger partial charge in [0.15, 0.2) is 0 Å². The van der Waals surface area contributed by atoms with Gasteiger partial charge in [-0.25, -0.2) is 4.39 Å². The van der Waals surface area contributed by atoms with Gasteiger partial charge in [-0.1, -0.05) is 17.7 Å². The van der Waals surface area contributed by atoms with E-state index < -0.39 is 11.4 Å². The molecule has 0 aromatic heterocycles. The van der Waals surface area contributed by atoms with Gasteiger partial charge in [0.25, 0.3) is 0 Å². The average molecular weight is 245 g/mol. The third kappa shape index (κ3) is 2.21. The van der Waals surface area contributed by atoms with Crippen LogP contribution in [0.1, 0.15) is 18.9 Å². The monoisotopic (exact) mass is 244 g/mol. The summed E-state index contributed by atoms with van der Waals surface area (Å²) in [6.07, 6.45) is 0.756. The highest BCUT2D eigenvalue weighted by Gasteiger charge is 2.39. The molecular formula is C12H14ClFO2. The summed E-state index contributed by atoms with van der Waals surface area (Å²) in [5.74, 6) is -0.450. The zero-order valence-electron chi connectivity index (χ0n) is 9.04. The zero-order chi connectivity index (χ0) is 11.8. The molecule has 1 aliphatic rings. The Morgan fingerprint density at radius 2 is 2.38 bits per heavy atom. The summed E-state index contributed by atoms with van der Waals surface area (Å²) in [5, 5.41) is 10.4. The minimum absolute atomic E-state index is 0.103. The van der Waals surface area contributed by atoms with Crippen LogP contribution in [0.2, 0.25) is 5.02 Å². The maximum atomic E-state index is 13.2. The van der Waals surface area contributed by atoms with Crippen molar-refractivity contribution in [3.8, 4) is 0 Å². The normalized spacial score (nSPS) is 29.6. The average Bonchev–Trinajstić information content (AvgIpc) is 2.53. The van der Waals surface area contributed by atoms with Gasteiger partial charge in [0.1, 0.15) is 5.82 Å². The van der Waals surface area contributed by atoms with Crippen LogP contribution in [0, 0.1) is 5.82 Å². The molecule has 1 saturated heterocycles. The molecule has 1 N–H and O–H groups in total. The maximum absolute atomic E-state index is 13.2. The SMILES string of the molecule is CC1OCCC1(O)Cc1ccc(Cl)c(F)c1. The Labute approximate surface area is 99.0 Å². The van der Waals surface area contributed by atoms with E-state index in [0.29, 0.717) is 19.4 Å². The third-order valence-electron chi connectivity index (χ3n) is 3.15. The second kappa shape index (κ2) is 4.32. The molecule has 2 nitrogen and oxygen atoms in total. The van der Waals surface area contributed by atoms with Gasteiger partial charge >= 0.3 is 0 Å². The van der Waals surface area contributed by atoms with Crippen molar-refractivity contribution in [3.05, 3.63) is 34.6 Å². The lowest BCUT2D eigenvalue weighted by Crippen LogP contribution is -2.38. The summed E-state index contributed by atoms with van der Waals surface area (Å²) in [6, 6.07) is 4.61. The molecule has 88 valence electrons. The molecular weight excluding hydrogens is 231 g/mol. The first-order valence-electron chi connectivity index (χ1n) is 5.29. The lowest BCUT2D eigenvalue weighted by atomic mass is 9.89. The second-order valence-electron chi connectivity index (χ2n) is 4.29. The molecule has 2 unspecified atom stereocenters. The van der Waals surface area contributed by atoms with Crippen molar-refractivity contribution in [2.75, 3.05) is 6.61 Å². The number of aliphatic hydroxyl groups is 1. The highest BCUT2D eigenvalue weighted by atomic mass is 35.5. The number of hydrogen-bond acceptors (Lipinski definition) is 2. The Hall–Kier alpha value is -0.640. The predicted octanol–water partition coefficient (Wildman–Crippen LogP) is 2.56. The van der Waals surface area contributed by atoms with E-state index in [0.717, 1.165) is 5.56 Å². The smallest absolute Gasteiger partial charge is 0.142 e. The van der Waals surface area contributed by atoms with Crippen molar-refractivity contribution < 1.29 is 14.2 Å². The van der Waals surface area contributed by atoms with E-state index in [-0.39, 0.29) is 11.1 Å². The Balaban J connectivity index is 2.17. The third-order valence-corrected chi connectivity index (χ3v) is 3.46. The van der Waals surface area contributed by atoms with E-state index in [2.05, 4.69) is 0 Å². The van der Waals surface area contributed by atoms with Gasteiger partial charge in [-0.05, 0) is 24.6 Å². The van der Waals surface area contributed by atoms with E-state index in [9.17, 15) is 9.50 Å². The Morgan fingerprint density at radius 1 is 1.62 bits per heavy atom. The van der Waals surface area contributed by atoms with Crippen molar-refractivity contribution >= 4 is 11.6 Å². The zero-order valence-corrected chi connectivity index (χ0v) is 9.80. The molecule has 1 heterocycles. The van der Waals surface area contributed by atoms with Crippen LogP contribution in [0.4, 0.5) is 4.39 Å². The summed E-state index contributed by atoms with van der Waals surface area (Å²) in [5.41, 5.74) is -0.151. The first-order chi connectivity index (χ1) is 7.51. The number of halogens is 2. The van der Waals surface area contributed by atoms with Crippen LogP contribution in [0.25, 0.3) is 0 Å². The van der Waals surface area contributed by atoms with Gasteiger partial charge in [-0.3, -0.25) is 0 Å². The predicted molar refractivity (Wildman–Crippen MR) is 60.1 cm³/mol. The summed E-state index contributed by atoms with van der Waals surface area (Å²) in [7, 11) is 0. The van der Waals surface area contributed by atoms with Gasteiger partial charge in [0.05, 0.1) is 16.7 Å². The Bertz CT molecular complexity index is 397. The van der Waals surface area contributed by atoms with Gasteiger partial charge in [0.2, 0.25) is 0 Å². The van der Waals surface area contributed by atoms with Gasteiger partial charge in [0, 0.05) is 19.4 Å². The summed E-state index contributed by atoms with van der Waals surface area (Å²) < 4.78 is 18.6. The molecule has 2 atom stereocenters. The lowest BCUT2D eigenvalue weighted by molar-refractivity contribution is -0.0269. The molecule has 1 aromatic rings. The molecule has 0 amide bonds. The molecule has 1 fully saturated rings. The molecule has 1 aliphatic heterocycles. The van der Waals surface area contributed by atoms with E-state index in [1.54, 1.807) is 6.07 Å². The fraction of sp³-hybridized carbons (Fsp3) is 0.500. The summed E-state index contributed by atoms with van der Waals surface area (Å²) in [4.78, 5) is 0. The van der Waals surface area contributed by atoms with Gasteiger partial charge < -0.3 is 9.84 Å². The van der Waals surface area contributed by atoms with Gasteiger partial charge in [-0.15, -0.1) is 0 Å². The van der Waals surface area contributed by atoms with E-state index in [1.807, 2.05) is 6.92 Å². The van der Waals surface area contributed by atoms with Crippen molar-refractivity contribution in [1.29, 1.82) is 0 Å². The van der Waals surface area contributed by atoms with Gasteiger partial charge in [-0.2, -0.15) is 0 Å². The summed E-state index contributed by atoms with van der Waals surface area (Å²) in [6.45, 7) is 2.38. The van der Waals surface area contributed by atoms with E-state index in [1.165, 1.54) is 12.1 Å². The first-order valence-corrected chi connectivity index (χ1v) is 5.67. The molecule has 0 bridgehead atoms.